The molecule has 1 amide bonds. The number of rotatable bonds is 6. The van der Waals surface area contributed by atoms with E-state index in [0.29, 0.717) is 5.56 Å². The first-order valence-corrected chi connectivity index (χ1v) is 8.43. The average molecular weight is 328 g/mol. The molecule has 0 spiro atoms. The quantitative estimate of drug-likeness (QED) is 0.855. The Morgan fingerprint density at radius 2 is 1.88 bits per heavy atom. The maximum atomic E-state index is 12.5. The molecule has 130 valence electrons. The molecule has 2 rings (SSSR count). The Bertz CT molecular complexity index is 700. The van der Waals surface area contributed by atoms with Gasteiger partial charge < -0.3 is 15.0 Å². The molecule has 0 aliphatic carbocycles. The highest BCUT2D eigenvalue weighted by atomic mass is 16.3. The lowest BCUT2D eigenvalue weighted by atomic mass is 9.92. The van der Waals surface area contributed by atoms with Crippen LogP contribution < -0.4 is 5.32 Å². The summed E-state index contributed by atoms with van der Waals surface area (Å²) in [6.07, 6.45) is 0. The van der Waals surface area contributed by atoms with Gasteiger partial charge >= 0.3 is 0 Å². The van der Waals surface area contributed by atoms with E-state index in [9.17, 15) is 9.90 Å². The minimum Gasteiger partial charge on any atom is -0.388 e. The topological polar surface area (TPSA) is 54.3 Å². The van der Waals surface area contributed by atoms with Gasteiger partial charge in [-0.1, -0.05) is 44.2 Å². The molecule has 0 aliphatic rings. The van der Waals surface area contributed by atoms with Gasteiger partial charge in [-0.05, 0) is 38.3 Å². The summed E-state index contributed by atoms with van der Waals surface area (Å²) in [5.41, 5.74) is 2.96. The molecule has 4 heteroatoms. The lowest BCUT2D eigenvalue weighted by molar-refractivity contribution is 0.0142. The zero-order valence-corrected chi connectivity index (χ0v) is 15.3. The number of benzene rings is 1. The number of aliphatic hydroxyl groups is 1. The van der Waals surface area contributed by atoms with Crippen molar-refractivity contribution in [1.82, 2.24) is 9.88 Å². The standard InChI is InChI=1S/C20H28N2O2/c1-14(2)20(5,24)13-21-19(23)18-11-15(3)22(16(18)4)12-17-9-7-6-8-10-17/h6-11,14,24H,12-13H2,1-5H3,(H,21,23). The molecular weight excluding hydrogens is 300 g/mol. The number of hydrogen-bond donors (Lipinski definition) is 2. The predicted molar refractivity (Wildman–Crippen MR) is 97.2 cm³/mol. The van der Waals surface area contributed by atoms with Crippen LogP contribution in [0.5, 0.6) is 0 Å². The van der Waals surface area contributed by atoms with Gasteiger partial charge in [-0.3, -0.25) is 4.79 Å². The molecule has 24 heavy (non-hydrogen) atoms. The van der Waals surface area contributed by atoms with Crippen molar-refractivity contribution in [2.75, 3.05) is 6.54 Å². The minimum absolute atomic E-state index is 0.0725. The Morgan fingerprint density at radius 1 is 1.25 bits per heavy atom. The lowest BCUT2D eigenvalue weighted by Gasteiger charge is -2.27. The highest BCUT2D eigenvalue weighted by Gasteiger charge is 2.26. The third-order valence-corrected chi connectivity index (χ3v) is 4.85. The third-order valence-electron chi connectivity index (χ3n) is 4.85. The molecule has 1 heterocycles. The van der Waals surface area contributed by atoms with E-state index in [1.807, 2.05) is 52.0 Å². The molecule has 2 aromatic rings. The van der Waals surface area contributed by atoms with Crippen LogP contribution in [0.1, 0.15) is 48.1 Å². The Morgan fingerprint density at radius 3 is 2.46 bits per heavy atom. The second-order valence-electron chi connectivity index (χ2n) is 7.05. The van der Waals surface area contributed by atoms with Crippen LogP contribution in [-0.2, 0) is 6.54 Å². The van der Waals surface area contributed by atoms with Crippen molar-refractivity contribution >= 4 is 5.91 Å². The Hall–Kier alpha value is -2.07. The molecule has 1 unspecified atom stereocenters. The Balaban J connectivity index is 2.14. The average Bonchev–Trinajstić information content (AvgIpc) is 2.82. The van der Waals surface area contributed by atoms with Crippen LogP contribution in [0, 0.1) is 19.8 Å². The number of carbonyl (C=O) groups is 1. The zero-order chi connectivity index (χ0) is 17.9. The molecule has 0 fully saturated rings. The van der Waals surface area contributed by atoms with Crippen LogP contribution in [0.25, 0.3) is 0 Å². The molecule has 0 saturated heterocycles. The van der Waals surface area contributed by atoms with Gasteiger partial charge in [0.1, 0.15) is 0 Å². The second kappa shape index (κ2) is 7.22. The smallest absolute Gasteiger partial charge is 0.253 e. The number of nitrogens with one attached hydrogen (secondary N) is 1. The normalized spacial score (nSPS) is 13.8. The maximum absolute atomic E-state index is 12.5. The molecular formula is C20H28N2O2. The van der Waals surface area contributed by atoms with Crippen molar-refractivity contribution in [1.29, 1.82) is 0 Å². The summed E-state index contributed by atoms with van der Waals surface area (Å²) in [6.45, 7) is 10.6. The fourth-order valence-electron chi connectivity index (χ4n) is 2.60. The van der Waals surface area contributed by atoms with Crippen molar-refractivity contribution in [3.05, 3.63) is 58.9 Å². The van der Waals surface area contributed by atoms with Crippen molar-refractivity contribution < 1.29 is 9.90 Å². The number of hydrogen-bond acceptors (Lipinski definition) is 2. The van der Waals surface area contributed by atoms with E-state index in [-0.39, 0.29) is 18.4 Å². The number of aryl methyl sites for hydroxylation is 1. The van der Waals surface area contributed by atoms with Gasteiger partial charge in [0.25, 0.3) is 5.91 Å². The summed E-state index contributed by atoms with van der Waals surface area (Å²) in [5, 5.41) is 13.2. The summed E-state index contributed by atoms with van der Waals surface area (Å²) in [4.78, 5) is 12.5. The largest absolute Gasteiger partial charge is 0.388 e. The first-order chi connectivity index (χ1) is 11.2. The van der Waals surface area contributed by atoms with Gasteiger partial charge in [-0.25, -0.2) is 0 Å². The number of carbonyl (C=O) groups excluding carboxylic acids is 1. The van der Waals surface area contributed by atoms with Gasteiger partial charge in [0, 0.05) is 24.5 Å². The first kappa shape index (κ1) is 18.3. The lowest BCUT2D eigenvalue weighted by Crippen LogP contribution is -2.44. The van der Waals surface area contributed by atoms with Crippen LogP contribution in [0.4, 0.5) is 0 Å². The molecule has 2 N–H and O–H groups in total. The molecule has 4 nitrogen and oxygen atoms in total. The highest BCUT2D eigenvalue weighted by molar-refractivity contribution is 5.95. The third kappa shape index (κ3) is 4.06. The van der Waals surface area contributed by atoms with Crippen LogP contribution in [0.3, 0.4) is 0 Å². The van der Waals surface area contributed by atoms with Crippen LogP contribution in [0.15, 0.2) is 36.4 Å². The van der Waals surface area contributed by atoms with Crippen molar-refractivity contribution in [3.8, 4) is 0 Å². The van der Waals surface area contributed by atoms with E-state index in [1.165, 1.54) is 5.56 Å². The summed E-state index contributed by atoms with van der Waals surface area (Å²) in [5.74, 6) is -0.0633. The van der Waals surface area contributed by atoms with E-state index in [0.717, 1.165) is 17.9 Å². The molecule has 0 bridgehead atoms. The Labute approximate surface area is 144 Å². The molecule has 1 aromatic carbocycles. The number of aromatic nitrogens is 1. The number of amides is 1. The van der Waals surface area contributed by atoms with E-state index in [2.05, 4.69) is 22.0 Å². The van der Waals surface area contributed by atoms with Crippen molar-refractivity contribution in [2.24, 2.45) is 5.92 Å². The van der Waals surface area contributed by atoms with E-state index >= 15 is 0 Å². The molecule has 1 atom stereocenters. The summed E-state index contributed by atoms with van der Waals surface area (Å²) in [6, 6.07) is 12.1. The van der Waals surface area contributed by atoms with Gasteiger partial charge in [-0.2, -0.15) is 0 Å². The maximum Gasteiger partial charge on any atom is 0.253 e. The van der Waals surface area contributed by atoms with Gasteiger partial charge in [-0.15, -0.1) is 0 Å². The van der Waals surface area contributed by atoms with Crippen LogP contribution >= 0.6 is 0 Å². The van der Waals surface area contributed by atoms with Gasteiger partial charge in [0.2, 0.25) is 0 Å². The molecule has 1 aromatic heterocycles. The van der Waals surface area contributed by atoms with Crippen LogP contribution in [0.2, 0.25) is 0 Å². The van der Waals surface area contributed by atoms with E-state index in [1.54, 1.807) is 6.92 Å². The minimum atomic E-state index is -0.911. The highest BCUT2D eigenvalue weighted by Crippen LogP contribution is 2.18. The zero-order valence-electron chi connectivity index (χ0n) is 15.3. The summed E-state index contributed by atoms with van der Waals surface area (Å²) < 4.78 is 2.14. The predicted octanol–water partition coefficient (Wildman–Crippen LogP) is 3.29. The molecule has 0 aliphatic heterocycles. The van der Waals surface area contributed by atoms with Crippen molar-refractivity contribution in [2.45, 2.75) is 46.8 Å². The summed E-state index contributed by atoms with van der Waals surface area (Å²) >= 11 is 0. The fraction of sp³-hybridized carbons (Fsp3) is 0.450. The first-order valence-electron chi connectivity index (χ1n) is 8.43. The monoisotopic (exact) mass is 328 g/mol. The fourth-order valence-corrected chi connectivity index (χ4v) is 2.60. The summed E-state index contributed by atoms with van der Waals surface area (Å²) in [7, 11) is 0. The van der Waals surface area contributed by atoms with E-state index < -0.39 is 5.60 Å². The Kier molecular flexibility index (Phi) is 5.50. The second-order valence-corrected chi connectivity index (χ2v) is 7.05. The number of nitrogens with zero attached hydrogens (tertiary/aromatic N) is 1. The van der Waals surface area contributed by atoms with E-state index in [4.69, 9.17) is 0 Å². The molecule has 0 radical (unpaired) electrons. The van der Waals surface area contributed by atoms with Crippen LogP contribution in [-0.4, -0.2) is 27.7 Å². The molecule has 0 saturated carbocycles. The SMILES string of the molecule is Cc1cc(C(=O)NCC(C)(O)C(C)C)c(C)n1Cc1ccccc1. The van der Waals surface area contributed by atoms with Gasteiger partial charge in [0.15, 0.2) is 0 Å². The van der Waals surface area contributed by atoms with Gasteiger partial charge in [0.05, 0.1) is 11.2 Å². The van der Waals surface area contributed by atoms with Crippen molar-refractivity contribution in [3.63, 3.8) is 0 Å².